The molecule has 1 amide bonds. The third-order valence-corrected chi connectivity index (χ3v) is 5.32. The quantitative estimate of drug-likeness (QED) is 0.537. The van der Waals surface area contributed by atoms with Crippen LogP contribution in [0.15, 0.2) is 42.7 Å². The zero-order valence-electron chi connectivity index (χ0n) is 16.5. The molecule has 1 aliphatic heterocycles. The van der Waals surface area contributed by atoms with Gasteiger partial charge in [-0.1, -0.05) is 18.2 Å². The Bertz CT molecular complexity index is 1030. The van der Waals surface area contributed by atoms with Gasteiger partial charge in [0.1, 0.15) is 5.69 Å². The average molecular weight is 408 g/mol. The number of aromatic nitrogens is 3. The molecule has 0 saturated carbocycles. The molecule has 4 rings (SSSR count). The summed E-state index contributed by atoms with van der Waals surface area (Å²) in [6.07, 6.45) is 3.52. The van der Waals surface area contributed by atoms with Gasteiger partial charge in [-0.25, -0.2) is 14.8 Å². The lowest BCUT2D eigenvalue weighted by molar-refractivity contribution is -0.120. The van der Waals surface area contributed by atoms with E-state index in [1.165, 1.54) is 0 Å². The van der Waals surface area contributed by atoms with Gasteiger partial charge in [0.25, 0.3) is 0 Å². The fraction of sp³-hybridized carbons (Fsp3) is 0.333. The minimum atomic E-state index is -1.06. The predicted molar refractivity (Wildman–Crippen MR) is 113 cm³/mol. The summed E-state index contributed by atoms with van der Waals surface area (Å²) in [7, 11) is 0. The highest BCUT2D eigenvalue weighted by molar-refractivity contribution is 5.99. The maximum atomic E-state index is 12.4. The van der Waals surface area contributed by atoms with Crippen LogP contribution in [0.25, 0.3) is 10.9 Å². The number of hydrogen-bond donors (Lipinski definition) is 3. The smallest absolute Gasteiger partial charge is 0.352 e. The number of carbonyl (C=O) groups excluding carboxylic acids is 1. The average Bonchev–Trinajstić information content (AvgIpc) is 3.14. The monoisotopic (exact) mass is 408 g/mol. The van der Waals surface area contributed by atoms with Crippen LogP contribution < -0.4 is 10.2 Å². The summed E-state index contributed by atoms with van der Waals surface area (Å²) < 4.78 is 0. The van der Waals surface area contributed by atoms with Crippen LogP contribution >= 0.6 is 0 Å². The molecular formula is C21H24N6O3. The van der Waals surface area contributed by atoms with Gasteiger partial charge in [-0.15, -0.1) is 0 Å². The Balaban J connectivity index is 1.27. The number of carbonyl (C=O) groups is 2. The van der Waals surface area contributed by atoms with Crippen LogP contribution in [-0.4, -0.2) is 76.1 Å². The van der Waals surface area contributed by atoms with Gasteiger partial charge >= 0.3 is 5.97 Å². The molecule has 0 aliphatic carbocycles. The normalized spacial score (nSPS) is 14.7. The molecule has 1 aliphatic rings. The molecule has 1 aromatic carbocycles. The van der Waals surface area contributed by atoms with Crippen molar-refractivity contribution in [2.75, 3.05) is 44.2 Å². The zero-order valence-corrected chi connectivity index (χ0v) is 16.5. The second-order valence-electron chi connectivity index (χ2n) is 7.23. The van der Waals surface area contributed by atoms with E-state index in [1.807, 2.05) is 24.3 Å². The van der Waals surface area contributed by atoms with Gasteiger partial charge in [0.2, 0.25) is 11.9 Å². The van der Waals surface area contributed by atoms with Crippen molar-refractivity contribution in [3.05, 3.63) is 54.0 Å². The fourth-order valence-corrected chi connectivity index (χ4v) is 3.77. The molecule has 1 saturated heterocycles. The molecule has 0 atom stereocenters. The molecule has 30 heavy (non-hydrogen) atoms. The molecule has 156 valence electrons. The fourth-order valence-electron chi connectivity index (χ4n) is 3.77. The number of H-pyrrole nitrogens is 1. The second-order valence-corrected chi connectivity index (χ2v) is 7.23. The van der Waals surface area contributed by atoms with E-state index >= 15 is 0 Å². The largest absolute Gasteiger partial charge is 0.477 e. The van der Waals surface area contributed by atoms with Crippen molar-refractivity contribution < 1.29 is 14.7 Å². The lowest BCUT2D eigenvalue weighted by Gasteiger charge is -2.34. The SMILES string of the molecule is O=C(Cc1c(C(=O)O)[nH]c2ccccc12)NCCN1CCN(c2ncccn2)CC1. The van der Waals surface area contributed by atoms with E-state index in [0.29, 0.717) is 12.1 Å². The van der Waals surface area contributed by atoms with Crippen LogP contribution in [-0.2, 0) is 11.2 Å². The molecule has 1 fully saturated rings. The Labute approximate surface area is 173 Å². The highest BCUT2D eigenvalue weighted by atomic mass is 16.4. The summed E-state index contributed by atoms with van der Waals surface area (Å²) in [6, 6.07) is 9.11. The number of aromatic carboxylic acids is 1. The molecule has 0 bridgehead atoms. The van der Waals surface area contributed by atoms with E-state index in [0.717, 1.165) is 49.6 Å². The Morgan fingerprint density at radius 1 is 1.07 bits per heavy atom. The number of benzene rings is 1. The zero-order chi connectivity index (χ0) is 20.9. The van der Waals surface area contributed by atoms with E-state index in [9.17, 15) is 14.7 Å². The lowest BCUT2D eigenvalue weighted by atomic mass is 10.1. The Morgan fingerprint density at radius 3 is 2.53 bits per heavy atom. The van der Waals surface area contributed by atoms with Crippen LogP contribution in [0.2, 0.25) is 0 Å². The maximum Gasteiger partial charge on any atom is 0.352 e. The number of nitrogens with one attached hydrogen (secondary N) is 2. The van der Waals surface area contributed by atoms with Crippen molar-refractivity contribution in [3.63, 3.8) is 0 Å². The highest BCUT2D eigenvalue weighted by Crippen LogP contribution is 2.23. The summed E-state index contributed by atoms with van der Waals surface area (Å²) in [5.41, 5.74) is 1.32. The van der Waals surface area contributed by atoms with Gasteiger partial charge in [0, 0.05) is 68.1 Å². The van der Waals surface area contributed by atoms with E-state index < -0.39 is 5.97 Å². The third kappa shape index (κ3) is 4.41. The van der Waals surface area contributed by atoms with Crippen LogP contribution in [0.3, 0.4) is 0 Å². The number of carboxylic acids is 1. The molecule has 3 heterocycles. The number of aromatic amines is 1. The number of para-hydroxylation sites is 1. The minimum absolute atomic E-state index is 0.0325. The van der Waals surface area contributed by atoms with Gasteiger partial charge < -0.3 is 20.3 Å². The molecule has 2 aromatic heterocycles. The van der Waals surface area contributed by atoms with Crippen LogP contribution in [0.1, 0.15) is 16.1 Å². The number of nitrogens with zero attached hydrogens (tertiary/aromatic N) is 4. The van der Waals surface area contributed by atoms with E-state index in [1.54, 1.807) is 18.5 Å². The lowest BCUT2D eigenvalue weighted by Crippen LogP contribution is -2.49. The number of carboxylic acid groups (broad SMARTS) is 1. The minimum Gasteiger partial charge on any atom is -0.477 e. The van der Waals surface area contributed by atoms with Crippen LogP contribution in [0, 0.1) is 0 Å². The first-order valence-electron chi connectivity index (χ1n) is 9.95. The Hall–Kier alpha value is -3.46. The van der Waals surface area contributed by atoms with Crippen molar-refractivity contribution in [3.8, 4) is 0 Å². The van der Waals surface area contributed by atoms with Crippen molar-refractivity contribution in [2.45, 2.75) is 6.42 Å². The molecule has 3 aromatic rings. The van der Waals surface area contributed by atoms with Gasteiger partial charge in [-0.2, -0.15) is 0 Å². The summed E-state index contributed by atoms with van der Waals surface area (Å²) in [4.78, 5) is 39.9. The third-order valence-electron chi connectivity index (χ3n) is 5.32. The number of rotatable bonds is 7. The molecule has 9 heteroatoms. The number of hydrogen-bond acceptors (Lipinski definition) is 6. The topological polar surface area (TPSA) is 114 Å². The highest BCUT2D eigenvalue weighted by Gasteiger charge is 2.20. The first-order valence-corrected chi connectivity index (χ1v) is 9.95. The molecule has 0 radical (unpaired) electrons. The van der Waals surface area contributed by atoms with E-state index in [4.69, 9.17) is 0 Å². The Morgan fingerprint density at radius 2 is 1.80 bits per heavy atom. The van der Waals surface area contributed by atoms with Gasteiger partial charge in [-0.05, 0) is 12.1 Å². The first kappa shape index (κ1) is 19.8. The summed E-state index contributed by atoms with van der Waals surface area (Å²) >= 11 is 0. The second kappa shape index (κ2) is 8.91. The number of amides is 1. The number of piperazine rings is 1. The summed E-state index contributed by atoms with van der Waals surface area (Å²) in [5, 5.41) is 13.1. The maximum absolute atomic E-state index is 12.4. The van der Waals surface area contributed by atoms with E-state index in [-0.39, 0.29) is 18.0 Å². The molecule has 0 unspecified atom stereocenters. The van der Waals surface area contributed by atoms with E-state index in [2.05, 4.69) is 30.1 Å². The summed E-state index contributed by atoms with van der Waals surface area (Å²) in [6.45, 7) is 4.70. The first-order chi connectivity index (χ1) is 14.6. The molecular weight excluding hydrogens is 384 g/mol. The Kier molecular flexibility index (Phi) is 5.89. The van der Waals surface area contributed by atoms with Crippen molar-refractivity contribution in [1.82, 2.24) is 25.2 Å². The van der Waals surface area contributed by atoms with Crippen LogP contribution in [0.5, 0.6) is 0 Å². The van der Waals surface area contributed by atoms with Crippen molar-refractivity contribution in [2.24, 2.45) is 0 Å². The van der Waals surface area contributed by atoms with Gasteiger partial charge in [0.15, 0.2) is 0 Å². The van der Waals surface area contributed by atoms with Gasteiger partial charge in [0.05, 0.1) is 6.42 Å². The van der Waals surface area contributed by atoms with Crippen molar-refractivity contribution in [1.29, 1.82) is 0 Å². The number of fused-ring (bicyclic) bond motifs is 1. The van der Waals surface area contributed by atoms with Gasteiger partial charge in [-0.3, -0.25) is 9.69 Å². The van der Waals surface area contributed by atoms with Crippen molar-refractivity contribution >= 4 is 28.7 Å². The standard InChI is InChI=1S/C21H24N6O3/c28-18(14-16-15-4-1-2-5-17(15)25-19(16)20(29)30)22-8-9-26-10-12-27(13-11-26)21-23-6-3-7-24-21/h1-7,25H,8-14H2,(H,22,28)(H,29,30). The summed E-state index contributed by atoms with van der Waals surface area (Å²) in [5.74, 6) is -0.494. The number of anilines is 1. The molecule has 0 spiro atoms. The molecule has 9 nitrogen and oxygen atoms in total. The van der Waals surface area contributed by atoms with Crippen LogP contribution in [0.4, 0.5) is 5.95 Å². The predicted octanol–water partition coefficient (Wildman–Crippen LogP) is 1.14. The molecule has 3 N–H and O–H groups in total.